The van der Waals surface area contributed by atoms with E-state index in [9.17, 15) is 27.9 Å². The molecule has 6 nitrogen and oxygen atoms in total. The maximum Gasteiger partial charge on any atom is 0.430 e. The van der Waals surface area contributed by atoms with E-state index in [1.54, 1.807) is 26.2 Å². The average molecular weight is 546 g/mol. The monoisotopic (exact) mass is 545 g/mol. The van der Waals surface area contributed by atoms with E-state index in [4.69, 9.17) is 11.6 Å². The fourth-order valence-corrected chi connectivity index (χ4v) is 4.72. The Labute approximate surface area is 223 Å². The number of rotatable bonds is 5. The van der Waals surface area contributed by atoms with E-state index in [0.29, 0.717) is 23.7 Å². The molecular weight excluding hydrogens is 519 g/mol. The van der Waals surface area contributed by atoms with Gasteiger partial charge in [0.25, 0.3) is 17.4 Å². The molecule has 0 aliphatic carbocycles. The lowest BCUT2D eigenvalue weighted by Gasteiger charge is -2.40. The number of nitrogens with zero attached hydrogens (tertiary/aromatic N) is 3. The molecule has 10 heteroatoms. The third kappa shape index (κ3) is 5.21. The van der Waals surface area contributed by atoms with Crippen LogP contribution in [0.15, 0.2) is 72.8 Å². The van der Waals surface area contributed by atoms with E-state index >= 15 is 0 Å². The number of anilines is 1. The molecule has 3 aromatic rings. The van der Waals surface area contributed by atoms with E-state index in [-0.39, 0.29) is 19.0 Å². The summed E-state index contributed by atoms with van der Waals surface area (Å²) in [6.45, 7) is 0.674. The van der Waals surface area contributed by atoms with Crippen molar-refractivity contribution in [2.24, 2.45) is 0 Å². The number of halogens is 4. The average Bonchev–Trinajstić information content (AvgIpc) is 2.91. The van der Waals surface area contributed by atoms with Crippen LogP contribution in [0.3, 0.4) is 0 Å². The quantitative estimate of drug-likeness (QED) is 0.500. The minimum absolute atomic E-state index is 0.0305. The van der Waals surface area contributed by atoms with Gasteiger partial charge in [-0.05, 0) is 35.4 Å². The van der Waals surface area contributed by atoms with Crippen molar-refractivity contribution in [2.45, 2.75) is 11.8 Å². The van der Waals surface area contributed by atoms with Crippen LogP contribution in [0.25, 0.3) is 11.1 Å². The molecule has 0 radical (unpaired) electrons. The predicted molar refractivity (Wildman–Crippen MR) is 140 cm³/mol. The van der Waals surface area contributed by atoms with Gasteiger partial charge < -0.3 is 19.8 Å². The van der Waals surface area contributed by atoms with Crippen LogP contribution in [0.1, 0.15) is 15.9 Å². The number of aliphatic hydroxyl groups is 1. The predicted octanol–water partition coefficient (Wildman–Crippen LogP) is 4.81. The van der Waals surface area contributed by atoms with Crippen molar-refractivity contribution in [3.05, 3.63) is 88.9 Å². The van der Waals surface area contributed by atoms with Crippen LogP contribution in [0, 0.1) is 0 Å². The Kier molecular flexibility index (Phi) is 7.71. The minimum atomic E-state index is -5.17. The fourth-order valence-electron chi connectivity index (χ4n) is 4.46. The largest absolute Gasteiger partial charge is 0.430 e. The van der Waals surface area contributed by atoms with Gasteiger partial charge in [-0.3, -0.25) is 9.59 Å². The van der Waals surface area contributed by atoms with Crippen LogP contribution < -0.4 is 4.90 Å². The second-order valence-corrected chi connectivity index (χ2v) is 9.70. The van der Waals surface area contributed by atoms with Crippen LogP contribution in [0.5, 0.6) is 0 Å². The van der Waals surface area contributed by atoms with Crippen LogP contribution in [0.4, 0.5) is 18.9 Å². The molecule has 1 saturated heterocycles. The molecule has 4 rings (SSSR count). The fraction of sp³-hybridized carbons (Fsp3) is 0.286. The highest BCUT2D eigenvalue weighted by atomic mass is 35.5. The van der Waals surface area contributed by atoms with Crippen molar-refractivity contribution in [3.63, 3.8) is 0 Å². The van der Waals surface area contributed by atoms with Gasteiger partial charge in [0.2, 0.25) is 0 Å². The third-order valence-electron chi connectivity index (χ3n) is 6.65. The van der Waals surface area contributed by atoms with Gasteiger partial charge in [-0.1, -0.05) is 60.1 Å². The highest BCUT2D eigenvalue weighted by Gasteiger charge is 2.62. The van der Waals surface area contributed by atoms with Crippen LogP contribution >= 0.6 is 11.6 Å². The third-order valence-corrected chi connectivity index (χ3v) is 6.96. The number of hydrogen-bond donors (Lipinski definition) is 1. The molecule has 2 amide bonds. The van der Waals surface area contributed by atoms with Crippen molar-refractivity contribution in [2.75, 3.05) is 45.2 Å². The first-order valence-corrected chi connectivity index (χ1v) is 12.3. The molecule has 0 spiro atoms. The lowest BCUT2D eigenvalue weighted by atomic mass is 9.91. The number of amides is 2. The number of piperazine rings is 1. The Balaban J connectivity index is 1.45. The first-order chi connectivity index (χ1) is 17.9. The Morgan fingerprint density at radius 3 is 1.97 bits per heavy atom. The molecule has 38 heavy (non-hydrogen) atoms. The molecule has 1 heterocycles. The zero-order chi connectivity index (χ0) is 27.7. The molecule has 200 valence electrons. The normalized spacial score (nSPS) is 15.7. The molecule has 3 aromatic carbocycles. The van der Waals surface area contributed by atoms with Crippen molar-refractivity contribution < 1.29 is 27.9 Å². The highest BCUT2D eigenvalue weighted by molar-refractivity contribution is 6.34. The summed E-state index contributed by atoms with van der Waals surface area (Å²) in [5.74, 6) is -1.56. The highest BCUT2D eigenvalue weighted by Crippen LogP contribution is 2.40. The van der Waals surface area contributed by atoms with Crippen LogP contribution in [0.2, 0.25) is 5.02 Å². The number of benzene rings is 3. The summed E-state index contributed by atoms with van der Waals surface area (Å²) in [5, 5.41) is 10.9. The van der Waals surface area contributed by atoms with Gasteiger partial charge >= 0.3 is 6.18 Å². The van der Waals surface area contributed by atoms with Gasteiger partial charge in [0.15, 0.2) is 0 Å². The Morgan fingerprint density at radius 2 is 1.45 bits per heavy atom. The molecule has 0 aromatic heterocycles. The van der Waals surface area contributed by atoms with Gasteiger partial charge in [0.05, 0.1) is 10.6 Å². The first-order valence-electron chi connectivity index (χ1n) is 11.9. The molecule has 1 aliphatic rings. The second-order valence-electron chi connectivity index (χ2n) is 9.29. The summed E-state index contributed by atoms with van der Waals surface area (Å²) in [5.41, 5.74) is -1.14. The zero-order valence-corrected chi connectivity index (χ0v) is 21.6. The number of alkyl halides is 3. The van der Waals surface area contributed by atoms with E-state index in [1.807, 2.05) is 35.2 Å². The van der Waals surface area contributed by atoms with Gasteiger partial charge in [0, 0.05) is 51.5 Å². The summed E-state index contributed by atoms with van der Waals surface area (Å²) in [6.07, 6.45) is -5.17. The minimum Gasteiger partial charge on any atom is -0.369 e. The van der Waals surface area contributed by atoms with Gasteiger partial charge in [0.1, 0.15) is 0 Å². The van der Waals surface area contributed by atoms with Gasteiger partial charge in [-0.25, -0.2) is 0 Å². The van der Waals surface area contributed by atoms with Crippen LogP contribution in [-0.4, -0.2) is 73.2 Å². The first kappa shape index (κ1) is 27.5. The number of hydrogen-bond acceptors (Lipinski definition) is 4. The molecule has 1 fully saturated rings. The standard InChI is InChI=1S/C28H27ClF3N3O3/c1-33(2)25(36)23-13-10-20(18-24(23)29)19-8-11-22(12-9-19)34-14-16-35(17-15-34)26(37)27(38,28(30,31)32)21-6-4-3-5-7-21/h3-13,18,38H,14-17H2,1-2H3. The van der Waals surface area contributed by atoms with E-state index < -0.39 is 23.2 Å². The summed E-state index contributed by atoms with van der Waals surface area (Å²) >= 11 is 6.33. The van der Waals surface area contributed by atoms with Crippen molar-refractivity contribution in [3.8, 4) is 11.1 Å². The molecule has 1 unspecified atom stereocenters. The van der Waals surface area contributed by atoms with Gasteiger partial charge in [-0.2, -0.15) is 13.2 Å². The topological polar surface area (TPSA) is 64.1 Å². The summed E-state index contributed by atoms with van der Waals surface area (Å²) < 4.78 is 41.7. The molecule has 1 N–H and O–H groups in total. The summed E-state index contributed by atoms with van der Waals surface area (Å²) in [6, 6.07) is 19.2. The van der Waals surface area contributed by atoms with Crippen molar-refractivity contribution >= 4 is 29.1 Å². The smallest absolute Gasteiger partial charge is 0.369 e. The molecule has 0 saturated carbocycles. The Bertz CT molecular complexity index is 1310. The van der Waals surface area contributed by atoms with E-state index in [0.717, 1.165) is 33.8 Å². The number of carbonyl (C=O) groups is 2. The molecular formula is C28H27ClF3N3O3. The molecule has 1 aliphatic heterocycles. The van der Waals surface area contributed by atoms with Crippen LogP contribution in [-0.2, 0) is 10.4 Å². The van der Waals surface area contributed by atoms with Crippen molar-refractivity contribution in [1.82, 2.24) is 9.80 Å². The number of carbonyl (C=O) groups excluding carboxylic acids is 2. The summed E-state index contributed by atoms with van der Waals surface area (Å²) in [4.78, 5) is 29.6. The van der Waals surface area contributed by atoms with E-state index in [1.165, 1.54) is 23.1 Å². The molecule has 0 bridgehead atoms. The summed E-state index contributed by atoms with van der Waals surface area (Å²) in [7, 11) is 3.31. The lowest BCUT2D eigenvalue weighted by molar-refractivity contribution is -0.262. The van der Waals surface area contributed by atoms with Gasteiger partial charge in [-0.15, -0.1) is 0 Å². The second kappa shape index (κ2) is 10.7. The van der Waals surface area contributed by atoms with E-state index in [2.05, 4.69) is 0 Å². The maximum absolute atomic E-state index is 13.9. The zero-order valence-electron chi connectivity index (χ0n) is 20.9. The SMILES string of the molecule is CN(C)C(=O)c1ccc(-c2ccc(N3CCN(C(=O)C(O)(c4ccccc4)C(F)(F)F)CC3)cc2)cc1Cl. The Hall–Kier alpha value is -3.56. The maximum atomic E-state index is 13.9. The molecule has 1 atom stereocenters. The Morgan fingerprint density at radius 1 is 0.868 bits per heavy atom. The lowest BCUT2D eigenvalue weighted by Crippen LogP contribution is -2.59. The van der Waals surface area contributed by atoms with Crippen molar-refractivity contribution in [1.29, 1.82) is 0 Å².